The summed E-state index contributed by atoms with van der Waals surface area (Å²) in [6.07, 6.45) is 4.48. The van der Waals surface area contributed by atoms with E-state index in [1.54, 1.807) is 17.2 Å². The van der Waals surface area contributed by atoms with Crippen LogP contribution < -0.4 is 5.32 Å². The predicted octanol–water partition coefficient (Wildman–Crippen LogP) is 1.07. The van der Waals surface area contributed by atoms with Crippen LogP contribution in [0, 0.1) is 6.92 Å². The number of nitrogens with one attached hydrogen (secondary N) is 1. The summed E-state index contributed by atoms with van der Waals surface area (Å²) in [6, 6.07) is 1.70. The van der Waals surface area contributed by atoms with Gasteiger partial charge in [0.25, 0.3) is 0 Å². The minimum atomic E-state index is -0.173. The molecule has 2 rings (SSSR count). The van der Waals surface area contributed by atoms with Crippen molar-refractivity contribution in [3.8, 4) is 0 Å². The molecule has 0 fully saturated rings. The van der Waals surface area contributed by atoms with Crippen LogP contribution in [-0.2, 0) is 17.9 Å². The van der Waals surface area contributed by atoms with Crippen molar-refractivity contribution in [3.05, 3.63) is 30.1 Å². The van der Waals surface area contributed by atoms with Crippen LogP contribution in [0.3, 0.4) is 0 Å². The highest BCUT2D eigenvalue weighted by molar-refractivity contribution is 5.75. The third-order valence-corrected chi connectivity index (χ3v) is 2.95. The van der Waals surface area contributed by atoms with Gasteiger partial charge in [-0.15, -0.1) is 10.2 Å². The summed E-state index contributed by atoms with van der Waals surface area (Å²) in [7, 11) is 0. The highest BCUT2D eigenvalue weighted by Crippen LogP contribution is 2.09. The van der Waals surface area contributed by atoms with Crippen LogP contribution in [0.1, 0.15) is 37.8 Å². The normalized spacial score (nSPS) is 12.3. The van der Waals surface area contributed by atoms with E-state index in [2.05, 4.69) is 27.5 Å². The van der Waals surface area contributed by atoms with E-state index in [9.17, 15) is 4.79 Å². The fourth-order valence-electron chi connectivity index (χ4n) is 2.06. The molecule has 0 aliphatic carbocycles. The van der Waals surface area contributed by atoms with Gasteiger partial charge in [-0.1, -0.05) is 6.92 Å². The largest absolute Gasteiger partial charge is 0.345 e. The standard InChI is InChI=1S/C13H20N6O/c1-4-6-18-9-14-16-13(18)11(3)15-12(20)8-19-7-5-10(2)17-19/h5,7,9,11H,4,6,8H2,1-3H3,(H,15,20)/t11-/m0/s1. The molecule has 2 aromatic heterocycles. The smallest absolute Gasteiger partial charge is 0.242 e. The van der Waals surface area contributed by atoms with Crippen LogP contribution in [0.4, 0.5) is 0 Å². The Hall–Kier alpha value is -2.18. The van der Waals surface area contributed by atoms with E-state index < -0.39 is 0 Å². The van der Waals surface area contributed by atoms with Gasteiger partial charge in [-0.05, 0) is 26.3 Å². The quantitative estimate of drug-likeness (QED) is 0.856. The van der Waals surface area contributed by atoms with Crippen LogP contribution in [0.2, 0.25) is 0 Å². The van der Waals surface area contributed by atoms with Gasteiger partial charge in [-0.3, -0.25) is 9.48 Å². The number of nitrogens with zero attached hydrogens (tertiary/aromatic N) is 5. The second-order valence-corrected chi connectivity index (χ2v) is 4.83. The molecule has 1 amide bonds. The van der Waals surface area contributed by atoms with E-state index in [0.29, 0.717) is 0 Å². The number of carbonyl (C=O) groups is 1. The van der Waals surface area contributed by atoms with Crippen molar-refractivity contribution in [2.24, 2.45) is 0 Å². The first-order chi connectivity index (χ1) is 9.60. The second-order valence-electron chi connectivity index (χ2n) is 4.83. The van der Waals surface area contributed by atoms with Crippen molar-refractivity contribution in [1.29, 1.82) is 0 Å². The lowest BCUT2D eigenvalue weighted by Gasteiger charge is -2.14. The highest BCUT2D eigenvalue weighted by atomic mass is 16.2. The van der Waals surface area contributed by atoms with Crippen LogP contribution in [0.5, 0.6) is 0 Å². The molecule has 7 heteroatoms. The number of hydrogen-bond donors (Lipinski definition) is 1. The van der Waals surface area contributed by atoms with E-state index in [1.165, 1.54) is 0 Å². The van der Waals surface area contributed by atoms with E-state index in [0.717, 1.165) is 24.5 Å². The molecule has 7 nitrogen and oxygen atoms in total. The summed E-state index contributed by atoms with van der Waals surface area (Å²) in [6.45, 7) is 6.95. The minimum Gasteiger partial charge on any atom is -0.345 e. The fraction of sp³-hybridized carbons (Fsp3) is 0.538. The van der Waals surface area contributed by atoms with Crippen LogP contribution in [0.25, 0.3) is 0 Å². The minimum absolute atomic E-state index is 0.0911. The average Bonchev–Trinajstić information content (AvgIpc) is 2.99. The number of carbonyl (C=O) groups excluding carboxylic acids is 1. The second kappa shape index (κ2) is 6.31. The molecule has 0 aliphatic rings. The number of rotatable bonds is 6. The monoisotopic (exact) mass is 276 g/mol. The fourth-order valence-corrected chi connectivity index (χ4v) is 2.06. The van der Waals surface area contributed by atoms with Gasteiger partial charge in [0.05, 0.1) is 11.7 Å². The number of aryl methyl sites for hydroxylation is 2. The molecular formula is C13H20N6O. The van der Waals surface area contributed by atoms with Gasteiger partial charge in [0.15, 0.2) is 5.82 Å². The summed E-state index contributed by atoms with van der Waals surface area (Å²) >= 11 is 0. The molecule has 0 spiro atoms. The third kappa shape index (κ3) is 3.43. The lowest BCUT2D eigenvalue weighted by molar-refractivity contribution is -0.122. The third-order valence-electron chi connectivity index (χ3n) is 2.95. The summed E-state index contributed by atoms with van der Waals surface area (Å²) in [5, 5.41) is 15.1. The van der Waals surface area contributed by atoms with Crippen molar-refractivity contribution >= 4 is 5.91 Å². The Bertz CT molecular complexity index is 573. The lowest BCUT2D eigenvalue weighted by atomic mass is 10.3. The molecule has 20 heavy (non-hydrogen) atoms. The van der Waals surface area contributed by atoms with Gasteiger partial charge in [0.2, 0.25) is 5.91 Å². The Morgan fingerprint density at radius 2 is 2.30 bits per heavy atom. The maximum Gasteiger partial charge on any atom is 0.242 e. The first kappa shape index (κ1) is 14.2. The first-order valence-electron chi connectivity index (χ1n) is 6.77. The first-order valence-corrected chi connectivity index (χ1v) is 6.77. The van der Waals surface area contributed by atoms with Gasteiger partial charge in [-0.25, -0.2) is 0 Å². The molecule has 0 aliphatic heterocycles. The molecule has 0 radical (unpaired) electrons. The Morgan fingerprint density at radius 3 is 2.95 bits per heavy atom. The Labute approximate surface area is 118 Å². The molecule has 1 atom stereocenters. The van der Waals surface area contributed by atoms with Gasteiger partial charge < -0.3 is 9.88 Å². The van der Waals surface area contributed by atoms with E-state index >= 15 is 0 Å². The molecule has 0 saturated carbocycles. The van der Waals surface area contributed by atoms with E-state index in [1.807, 2.05) is 24.5 Å². The summed E-state index contributed by atoms with van der Waals surface area (Å²) in [4.78, 5) is 12.0. The van der Waals surface area contributed by atoms with Crippen molar-refractivity contribution < 1.29 is 4.79 Å². The maximum absolute atomic E-state index is 12.0. The van der Waals surface area contributed by atoms with Crippen molar-refractivity contribution in [2.75, 3.05) is 0 Å². The number of hydrogen-bond acceptors (Lipinski definition) is 4. The lowest BCUT2D eigenvalue weighted by Crippen LogP contribution is -2.31. The predicted molar refractivity (Wildman–Crippen MR) is 73.8 cm³/mol. The van der Waals surface area contributed by atoms with E-state index in [-0.39, 0.29) is 18.5 Å². The maximum atomic E-state index is 12.0. The zero-order valence-corrected chi connectivity index (χ0v) is 12.1. The van der Waals surface area contributed by atoms with Gasteiger partial charge >= 0.3 is 0 Å². The molecule has 108 valence electrons. The zero-order valence-electron chi connectivity index (χ0n) is 12.1. The van der Waals surface area contributed by atoms with Crippen LogP contribution in [0.15, 0.2) is 18.6 Å². The molecule has 0 unspecified atom stereocenters. The van der Waals surface area contributed by atoms with Gasteiger partial charge in [0.1, 0.15) is 12.9 Å². The number of aromatic nitrogens is 5. The highest BCUT2D eigenvalue weighted by Gasteiger charge is 2.15. The topological polar surface area (TPSA) is 77.6 Å². The summed E-state index contributed by atoms with van der Waals surface area (Å²) in [5.74, 6) is 0.684. The van der Waals surface area contributed by atoms with Crippen LogP contribution in [-0.4, -0.2) is 30.5 Å². The van der Waals surface area contributed by atoms with Crippen LogP contribution >= 0.6 is 0 Å². The van der Waals surface area contributed by atoms with E-state index in [4.69, 9.17) is 0 Å². The van der Waals surface area contributed by atoms with Crippen molar-refractivity contribution in [3.63, 3.8) is 0 Å². The Balaban J connectivity index is 1.94. The Kier molecular flexibility index (Phi) is 4.49. The number of amides is 1. The van der Waals surface area contributed by atoms with Crippen molar-refractivity contribution in [2.45, 2.75) is 46.3 Å². The molecular weight excluding hydrogens is 256 g/mol. The average molecular weight is 276 g/mol. The Morgan fingerprint density at radius 1 is 1.50 bits per heavy atom. The van der Waals surface area contributed by atoms with Gasteiger partial charge in [0, 0.05) is 12.7 Å². The SMILES string of the molecule is CCCn1cnnc1[C@H](C)NC(=O)Cn1ccc(C)n1. The zero-order chi connectivity index (χ0) is 14.5. The molecule has 0 saturated heterocycles. The molecule has 1 N–H and O–H groups in total. The molecule has 0 bridgehead atoms. The molecule has 0 aromatic carbocycles. The summed E-state index contributed by atoms with van der Waals surface area (Å²) < 4.78 is 3.58. The molecule has 2 heterocycles. The molecule has 2 aromatic rings. The van der Waals surface area contributed by atoms with Gasteiger partial charge in [-0.2, -0.15) is 5.10 Å². The van der Waals surface area contributed by atoms with Crippen molar-refractivity contribution in [1.82, 2.24) is 29.9 Å². The summed E-state index contributed by atoms with van der Waals surface area (Å²) in [5.41, 5.74) is 0.897.